The van der Waals surface area contributed by atoms with E-state index >= 15 is 0 Å². The van der Waals surface area contributed by atoms with Crippen molar-refractivity contribution in [3.63, 3.8) is 0 Å². The lowest BCUT2D eigenvalue weighted by molar-refractivity contribution is 0.00578. The van der Waals surface area contributed by atoms with Gasteiger partial charge in [0.1, 0.15) is 12.4 Å². The van der Waals surface area contributed by atoms with Gasteiger partial charge in [-0.25, -0.2) is 0 Å². The van der Waals surface area contributed by atoms with E-state index in [1.165, 1.54) is 11.1 Å². The fourth-order valence-electron chi connectivity index (χ4n) is 3.51. The number of nitrogens with zero attached hydrogens (tertiary/aromatic N) is 1. The minimum Gasteiger partial charge on any atom is -0.491 e. The van der Waals surface area contributed by atoms with Crippen molar-refractivity contribution in [1.82, 2.24) is 4.90 Å². The Morgan fingerprint density at radius 3 is 2.50 bits per heavy atom. The molecule has 0 amide bonds. The van der Waals surface area contributed by atoms with Crippen molar-refractivity contribution in [2.24, 2.45) is 0 Å². The first-order chi connectivity index (χ1) is 12.6. The van der Waals surface area contributed by atoms with Crippen molar-refractivity contribution < 1.29 is 14.6 Å². The summed E-state index contributed by atoms with van der Waals surface area (Å²) in [6, 6.07) is 14.7. The van der Waals surface area contributed by atoms with Crippen LogP contribution >= 0.6 is 0 Å². The lowest BCUT2D eigenvalue weighted by atomic mass is 10.00. The van der Waals surface area contributed by atoms with E-state index in [0.29, 0.717) is 26.4 Å². The van der Waals surface area contributed by atoms with Gasteiger partial charge in [-0.1, -0.05) is 42.5 Å². The zero-order valence-corrected chi connectivity index (χ0v) is 15.8. The van der Waals surface area contributed by atoms with Crippen LogP contribution in [0.5, 0.6) is 5.75 Å². The molecule has 0 aromatic heterocycles. The smallest absolute Gasteiger partial charge is 0.125 e. The maximum atomic E-state index is 10.2. The van der Waals surface area contributed by atoms with Crippen molar-refractivity contribution >= 4 is 0 Å². The van der Waals surface area contributed by atoms with Gasteiger partial charge < -0.3 is 14.6 Å². The fourth-order valence-corrected chi connectivity index (χ4v) is 3.51. The second kappa shape index (κ2) is 9.17. The Balaban J connectivity index is 1.34. The van der Waals surface area contributed by atoms with Crippen LogP contribution in [0.4, 0.5) is 0 Å². The van der Waals surface area contributed by atoms with Crippen LogP contribution in [-0.2, 0) is 17.7 Å². The minimum atomic E-state index is -0.472. The second-order valence-electron chi connectivity index (χ2n) is 7.05. The Morgan fingerprint density at radius 2 is 1.73 bits per heavy atom. The average Bonchev–Trinajstić information content (AvgIpc) is 2.63. The van der Waals surface area contributed by atoms with Crippen molar-refractivity contribution in [2.75, 3.05) is 32.9 Å². The van der Waals surface area contributed by atoms with E-state index < -0.39 is 6.10 Å². The second-order valence-corrected chi connectivity index (χ2v) is 7.05. The molecular weight excluding hydrogens is 326 g/mol. The molecule has 3 rings (SSSR count). The van der Waals surface area contributed by atoms with E-state index in [1.807, 2.05) is 32.0 Å². The van der Waals surface area contributed by atoms with Crippen LogP contribution in [0.15, 0.2) is 42.5 Å². The summed E-state index contributed by atoms with van der Waals surface area (Å²) in [6.07, 6.45) is 0.577. The standard InChI is InChI=1S/C22H29NO3/c1-17-6-5-7-18(2)22(17)26-13-12-25-16-21(24)15-23-11-10-19-8-3-4-9-20(19)14-23/h3-9,21,24H,10-16H2,1-2H3. The lowest BCUT2D eigenvalue weighted by Crippen LogP contribution is -2.38. The van der Waals surface area contributed by atoms with Gasteiger partial charge in [0.25, 0.3) is 0 Å². The number of aliphatic hydroxyl groups is 1. The van der Waals surface area contributed by atoms with Gasteiger partial charge in [0, 0.05) is 19.6 Å². The third-order valence-electron chi connectivity index (χ3n) is 4.87. The molecule has 0 aliphatic carbocycles. The van der Waals surface area contributed by atoms with Gasteiger partial charge in [0.2, 0.25) is 0 Å². The van der Waals surface area contributed by atoms with Gasteiger partial charge >= 0.3 is 0 Å². The summed E-state index contributed by atoms with van der Waals surface area (Å²) >= 11 is 0. The van der Waals surface area contributed by atoms with Crippen LogP contribution in [0, 0.1) is 13.8 Å². The topological polar surface area (TPSA) is 41.9 Å². The molecule has 1 N–H and O–H groups in total. The molecule has 2 aromatic carbocycles. The van der Waals surface area contributed by atoms with Crippen LogP contribution in [0.3, 0.4) is 0 Å². The summed E-state index contributed by atoms with van der Waals surface area (Å²) in [6.45, 7) is 7.95. The van der Waals surface area contributed by atoms with Crippen molar-refractivity contribution in [3.05, 3.63) is 64.7 Å². The van der Waals surface area contributed by atoms with E-state index in [1.54, 1.807) is 0 Å². The zero-order chi connectivity index (χ0) is 18.4. The maximum Gasteiger partial charge on any atom is 0.125 e. The zero-order valence-electron chi connectivity index (χ0n) is 15.8. The summed E-state index contributed by atoms with van der Waals surface area (Å²) in [7, 11) is 0. The van der Waals surface area contributed by atoms with Gasteiger partial charge in [-0.15, -0.1) is 0 Å². The summed E-state index contributed by atoms with van der Waals surface area (Å²) in [5, 5.41) is 10.2. The highest BCUT2D eigenvalue weighted by molar-refractivity contribution is 5.39. The van der Waals surface area contributed by atoms with E-state index in [-0.39, 0.29) is 0 Å². The monoisotopic (exact) mass is 355 g/mol. The first-order valence-corrected chi connectivity index (χ1v) is 9.37. The molecule has 26 heavy (non-hydrogen) atoms. The van der Waals surface area contributed by atoms with Crippen LogP contribution in [0.2, 0.25) is 0 Å². The molecule has 0 radical (unpaired) electrons. The summed E-state index contributed by atoms with van der Waals surface area (Å²) in [4.78, 5) is 2.30. The van der Waals surface area contributed by atoms with Gasteiger partial charge in [0.05, 0.1) is 19.3 Å². The minimum absolute atomic E-state index is 0.342. The third kappa shape index (κ3) is 5.07. The molecule has 140 valence electrons. The van der Waals surface area contributed by atoms with E-state index in [0.717, 1.165) is 36.4 Å². The average molecular weight is 355 g/mol. The molecule has 4 nitrogen and oxygen atoms in total. The van der Waals surface area contributed by atoms with Gasteiger partial charge in [-0.05, 0) is 42.5 Å². The molecule has 1 aliphatic rings. The fraction of sp³-hybridized carbons (Fsp3) is 0.455. The van der Waals surface area contributed by atoms with Gasteiger partial charge in [0.15, 0.2) is 0 Å². The third-order valence-corrected chi connectivity index (χ3v) is 4.87. The highest BCUT2D eigenvalue weighted by atomic mass is 16.5. The lowest BCUT2D eigenvalue weighted by Gasteiger charge is -2.30. The SMILES string of the molecule is Cc1cccc(C)c1OCCOCC(O)CN1CCc2ccccc2C1. The number of ether oxygens (including phenoxy) is 2. The number of β-amino-alcohol motifs (C(OH)–C–C–N with tert-alkyl or cyclic N) is 1. The molecule has 0 saturated carbocycles. The van der Waals surface area contributed by atoms with Crippen molar-refractivity contribution in [3.8, 4) is 5.75 Å². The summed E-state index contributed by atoms with van der Waals surface area (Å²) in [5.74, 6) is 0.934. The van der Waals surface area contributed by atoms with Crippen LogP contribution in [0.1, 0.15) is 22.3 Å². The number of para-hydroxylation sites is 1. The Bertz CT molecular complexity index is 696. The quantitative estimate of drug-likeness (QED) is 0.739. The molecule has 0 saturated heterocycles. The molecular formula is C22H29NO3. The van der Waals surface area contributed by atoms with E-state index in [2.05, 4.69) is 29.2 Å². The van der Waals surface area contributed by atoms with Crippen LogP contribution in [-0.4, -0.2) is 49.0 Å². The number of aryl methyl sites for hydroxylation is 2. The number of hydrogen-bond acceptors (Lipinski definition) is 4. The largest absolute Gasteiger partial charge is 0.491 e. The Hall–Kier alpha value is -1.88. The molecule has 1 heterocycles. The Labute approximate surface area is 156 Å². The number of benzene rings is 2. The Morgan fingerprint density at radius 1 is 1.00 bits per heavy atom. The van der Waals surface area contributed by atoms with E-state index in [9.17, 15) is 5.11 Å². The van der Waals surface area contributed by atoms with Crippen LogP contribution < -0.4 is 4.74 Å². The van der Waals surface area contributed by atoms with E-state index in [4.69, 9.17) is 9.47 Å². The van der Waals surface area contributed by atoms with Crippen molar-refractivity contribution in [2.45, 2.75) is 32.9 Å². The predicted octanol–water partition coefficient (Wildman–Crippen LogP) is 3.12. The van der Waals surface area contributed by atoms with Crippen LogP contribution in [0.25, 0.3) is 0 Å². The van der Waals surface area contributed by atoms with Crippen molar-refractivity contribution in [1.29, 1.82) is 0 Å². The van der Waals surface area contributed by atoms with Gasteiger partial charge in [-0.2, -0.15) is 0 Å². The number of hydrogen-bond donors (Lipinski definition) is 1. The number of aliphatic hydroxyl groups excluding tert-OH is 1. The van der Waals surface area contributed by atoms with Gasteiger partial charge in [-0.3, -0.25) is 4.90 Å². The number of rotatable bonds is 8. The molecule has 0 bridgehead atoms. The summed E-state index contributed by atoms with van der Waals surface area (Å²) in [5.41, 5.74) is 5.07. The normalized spacial score (nSPS) is 15.5. The number of fused-ring (bicyclic) bond motifs is 1. The first kappa shape index (κ1) is 18.9. The first-order valence-electron chi connectivity index (χ1n) is 9.37. The molecule has 0 fully saturated rings. The highest BCUT2D eigenvalue weighted by Gasteiger charge is 2.18. The molecule has 1 aliphatic heterocycles. The molecule has 1 atom stereocenters. The molecule has 1 unspecified atom stereocenters. The Kier molecular flexibility index (Phi) is 6.67. The predicted molar refractivity (Wildman–Crippen MR) is 104 cm³/mol. The maximum absolute atomic E-state index is 10.2. The highest BCUT2D eigenvalue weighted by Crippen LogP contribution is 2.22. The summed E-state index contributed by atoms with van der Waals surface area (Å²) < 4.78 is 11.4. The molecule has 0 spiro atoms. The molecule has 4 heteroatoms. The molecule has 2 aromatic rings.